The summed E-state index contributed by atoms with van der Waals surface area (Å²) in [6.45, 7) is 3.38. The Kier molecular flexibility index (Phi) is 7.80. The predicted octanol–water partition coefficient (Wildman–Crippen LogP) is 2.94. The van der Waals surface area contributed by atoms with Crippen LogP contribution in [0.4, 0.5) is 17.6 Å². The van der Waals surface area contributed by atoms with Gasteiger partial charge < -0.3 is 15.4 Å². The molecular weight excluding hydrogens is 314 g/mol. The summed E-state index contributed by atoms with van der Waals surface area (Å²) in [5.41, 5.74) is -1.08. The van der Waals surface area contributed by atoms with Gasteiger partial charge in [-0.15, -0.1) is 0 Å². The van der Waals surface area contributed by atoms with E-state index in [2.05, 4.69) is 15.6 Å². The summed E-state index contributed by atoms with van der Waals surface area (Å²) < 4.78 is 56.8. The van der Waals surface area contributed by atoms with E-state index in [0.29, 0.717) is 31.7 Å². The first kappa shape index (κ1) is 19.2. The molecule has 1 rings (SSSR count). The minimum atomic E-state index is -4.61. The van der Waals surface area contributed by atoms with Crippen molar-refractivity contribution in [2.24, 2.45) is 4.99 Å². The molecule has 0 saturated heterocycles. The highest BCUT2D eigenvalue weighted by molar-refractivity contribution is 5.79. The van der Waals surface area contributed by atoms with E-state index in [-0.39, 0.29) is 12.1 Å². The first-order valence-electron chi connectivity index (χ1n) is 7.25. The monoisotopic (exact) mass is 335 g/mol. The molecule has 0 saturated carbocycles. The molecule has 1 aromatic carbocycles. The molecule has 0 amide bonds. The van der Waals surface area contributed by atoms with Gasteiger partial charge in [0.2, 0.25) is 0 Å². The third kappa shape index (κ3) is 6.85. The first-order valence-corrected chi connectivity index (χ1v) is 7.25. The van der Waals surface area contributed by atoms with Crippen LogP contribution >= 0.6 is 0 Å². The van der Waals surface area contributed by atoms with Crippen molar-refractivity contribution in [3.05, 3.63) is 35.1 Å². The van der Waals surface area contributed by atoms with Crippen molar-refractivity contribution in [3.8, 4) is 0 Å². The number of nitrogens with one attached hydrogen (secondary N) is 2. The number of aliphatic imine (C=N–C) groups is 1. The maximum absolute atomic E-state index is 13.1. The number of halogens is 4. The van der Waals surface area contributed by atoms with Crippen molar-refractivity contribution < 1.29 is 22.3 Å². The fourth-order valence-corrected chi connectivity index (χ4v) is 1.88. The van der Waals surface area contributed by atoms with Crippen LogP contribution in [0.3, 0.4) is 0 Å². The summed E-state index contributed by atoms with van der Waals surface area (Å²) in [5.74, 6) is -0.518. The summed E-state index contributed by atoms with van der Waals surface area (Å²) in [6, 6.07) is 2.60. The summed E-state index contributed by atoms with van der Waals surface area (Å²) in [5, 5.41) is 5.94. The number of methoxy groups -OCH3 is 1. The van der Waals surface area contributed by atoms with Crippen molar-refractivity contribution >= 4 is 5.96 Å². The zero-order valence-electron chi connectivity index (χ0n) is 13.1. The molecular formula is C15H21F4N3O. The SMILES string of the molecule is CCNC(=NCc1ccc(F)cc1C(F)(F)F)NCCCOC. The second-order valence-corrected chi connectivity index (χ2v) is 4.77. The van der Waals surface area contributed by atoms with Crippen LogP contribution in [0.1, 0.15) is 24.5 Å². The van der Waals surface area contributed by atoms with E-state index in [0.717, 1.165) is 18.6 Å². The Hall–Kier alpha value is -1.83. The van der Waals surface area contributed by atoms with Crippen molar-refractivity contribution in [2.75, 3.05) is 26.8 Å². The van der Waals surface area contributed by atoms with Crippen molar-refractivity contribution in [1.29, 1.82) is 0 Å². The van der Waals surface area contributed by atoms with Crippen LogP contribution in [0.25, 0.3) is 0 Å². The number of hydrogen-bond donors (Lipinski definition) is 2. The van der Waals surface area contributed by atoms with E-state index in [4.69, 9.17) is 4.74 Å². The van der Waals surface area contributed by atoms with Gasteiger partial charge in [0.1, 0.15) is 5.82 Å². The maximum atomic E-state index is 13.1. The van der Waals surface area contributed by atoms with Crippen LogP contribution in [0.2, 0.25) is 0 Å². The summed E-state index contributed by atoms with van der Waals surface area (Å²) in [6.07, 6.45) is -3.87. The third-order valence-electron chi connectivity index (χ3n) is 2.95. The van der Waals surface area contributed by atoms with Gasteiger partial charge in [-0.2, -0.15) is 13.2 Å². The number of ether oxygens (including phenoxy) is 1. The normalized spacial score (nSPS) is 12.3. The number of guanidine groups is 1. The molecule has 23 heavy (non-hydrogen) atoms. The molecule has 0 fully saturated rings. The Morgan fingerprint density at radius 3 is 2.61 bits per heavy atom. The summed E-state index contributed by atoms with van der Waals surface area (Å²) in [7, 11) is 1.59. The van der Waals surface area contributed by atoms with E-state index >= 15 is 0 Å². The molecule has 0 radical (unpaired) electrons. The Labute approximate surface area is 132 Å². The lowest BCUT2D eigenvalue weighted by Gasteiger charge is -2.14. The highest BCUT2D eigenvalue weighted by Crippen LogP contribution is 2.32. The lowest BCUT2D eigenvalue weighted by molar-refractivity contribution is -0.138. The molecule has 4 nitrogen and oxygen atoms in total. The minimum absolute atomic E-state index is 0.0759. The van der Waals surface area contributed by atoms with Gasteiger partial charge in [0.05, 0.1) is 12.1 Å². The zero-order valence-corrected chi connectivity index (χ0v) is 13.1. The van der Waals surface area contributed by atoms with E-state index in [1.165, 1.54) is 0 Å². The minimum Gasteiger partial charge on any atom is -0.385 e. The Balaban J connectivity index is 2.82. The molecule has 0 aromatic heterocycles. The van der Waals surface area contributed by atoms with Crippen LogP contribution in [0.5, 0.6) is 0 Å². The maximum Gasteiger partial charge on any atom is 0.416 e. The molecule has 0 unspecified atom stereocenters. The van der Waals surface area contributed by atoms with Crippen LogP contribution in [-0.4, -0.2) is 32.8 Å². The average molecular weight is 335 g/mol. The van der Waals surface area contributed by atoms with Gasteiger partial charge in [0.25, 0.3) is 0 Å². The topological polar surface area (TPSA) is 45.7 Å². The van der Waals surface area contributed by atoms with E-state index < -0.39 is 17.6 Å². The highest BCUT2D eigenvalue weighted by atomic mass is 19.4. The van der Waals surface area contributed by atoms with Gasteiger partial charge in [-0.1, -0.05) is 6.07 Å². The zero-order chi connectivity index (χ0) is 17.3. The summed E-state index contributed by atoms with van der Waals surface area (Å²) in [4.78, 5) is 4.12. The van der Waals surface area contributed by atoms with E-state index in [9.17, 15) is 17.6 Å². The Morgan fingerprint density at radius 2 is 2.00 bits per heavy atom. The average Bonchev–Trinajstić information content (AvgIpc) is 2.49. The van der Waals surface area contributed by atoms with Crippen molar-refractivity contribution in [3.63, 3.8) is 0 Å². The molecule has 0 aliphatic rings. The number of nitrogens with zero attached hydrogens (tertiary/aromatic N) is 1. The molecule has 130 valence electrons. The second-order valence-electron chi connectivity index (χ2n) is 4.77. The first-order chi connectivity index (χ1) is 10.9. The molecule has 0 atom stereocenters. The van der Waals surface area contributed by atoms with Crippen LogP contribution in [0, 0.1) is 5.82 Å². The predicted molar refractivity (Wildman–Crippen MR) is 80.7 cm³/mol. The van der Waals surface area contributed by atoms with E-state index in [1.807, 2.05) is 6.92 Å². The quantitative estimate of drug-likeness (QED) is 0.349. The molecule has 0 bridgehead atoms. The van der Waals surface area contributed by atoms with Gasteiger partial charge in [-0.05, 0) is 31.0 Å². The molecule has 2 N–H and O–H groups in total. The van der Waals surface area contributed by atoms with Crippen LogP contribution in [0.15, 0.2) is 23.2 Å². The third-order valence-corrected chi connectivity index (χ3v) is 2.95. The molecule has 0 aliphatic heterocycles. The van der Waals surface area contributed by atoms with Gasteiger partial charge in [-0.3, -0.25) is 0 Å². The largest absolute Gasteiger partial charge is 0.416 e. The smallest absolute Gasteiger partial charge is 0.385 e. The molecule has 0 spiro atoms. The van der Waals surface area contributed by atoms with Gasteiger partial charge in [0, 0.05) is 26.8 Å². The van der Waals surface area contributed by atoms with Crippen molar-refractivity contribution in [2.45, 2.75) is 26.1 Å². The fraction of sp³-hybridized carbons (Fsp3) is 0.533. The molecule has 0 aliphatic carbocycles. The summed E-state index contributed by atoms with van der Waals surface area (Å²) >= 11 is 0. The van der Waals surface area contributed by atoms with E-state index in [1.54, 1.807) is 7.11 Å². The van der Waals surface area contributed by atoms with Gasteiger partial charge in [-0.25, -0.2) is 9.38 Å². The fourth-order valence-electron chi connectivity index (χ4n) is 1.88. The van der Waals surface area contributed by atoms with Gasteiger partial charge >= 0.3 is 6.18 Å². The lowest BCUT2D eigenvalue weighted by atomic mass is 10.1. The van der Waals surface area contributed by atoms with Crippen LogP contribution in [-0.2, 0) is 17.5 Å². The molecule has 8 heteroatoms. The van der Waals surface area contributed by atoms with Crippen molar-refractivity contribution in [1.82, 2.24) is 10.6 Å². The lowest BCUT2D eigenvalue weighted by Crippen LogP contribution is -2.38. The number of benzene rings is 1. The Bertz CT molecular complexity index is 518. The molecule has 1 aromatic rings. The molecule has 0 heterocycles. The number of rotatable bonds is 7. The standard InChI is InChI=1S/C15H21F4N3O/c1-3-20-14(21-7-4-8-23-2)22-10-11-5-6-12(16)9-13(11)15(17,18)19/h5-6,9H,3-4,7-8,10H2,1-2H3,(H2,20,21,22). The second kappa shape index (κ2) is 9.34. The van der Waals surface area contributed by atoms with Crippen LogP contribution < -0.4 is 10.6 Å². The Morgan fingerprint density at radius 1 is 1.26 bits per heavy atom. The number of alkyl halides is 3. The highest BCUT2D eigenvalue weighted by Gasteiger charge is 2.33. The van der Waals surface area contributed by atoms with Gasteiger partial charge in [0.15, 0.2) is 5.96 Å². The number of hydrogen-bond acceptors (Lipinski definition) is 2.